The number of quaternary nitrogens is 1. The molecule has 10 nitrogen and oxygen atoms in total. The number of epoxide rings is 1. The largest absolute Gasteiger partial charge is 0.756 e. The molecule has 1 aliphatic heterocycles. The summed E-state index contributed by atoms with van der Waals surface area (Å²) < 4.78 is 39.3. The van der Waals surface area contributed by atoms with Gasteiger partial charge in [-0.15, -0.1) is 0 Å². The molecule has 11 heteroatoms. The molecule has 0 saturated carbocycles. The smallest absolute Gasteiger partial charge is 0.306 e. The molecule has 55 heavy (non-hydrogen) atoms. The molecule has 0 spiro atoms. The van der Waals surface area contributed by atoms with Crippen LogP contribution in [0.5, 0.6) is 0 Å². The summed E-state index contributed by atoms with van der Waals surface area (Å²) in [5.74, 6) is -0.923. The lowest BCUT2D eigenvalue weighted by Crippen LogP contribution is -2.37. The van der Waals surface area contributed by atoms with Gasteiger partial charge in [0, 0.05) is 12.8 Å². The molecule has 1 heterocycles. The number of allylic oxidation sites excluding steroid dienone is 9. The molecule has 0 aromatic carbocycles. The third-order valence-electron chi connectivity index (χ3n) is 8.99. The van der Waals surface area contributed by atoms with Crippen LogP contribution in [-0.4, -0.2) is 82.2 Å². The van der Waals surface area contributed by atoms with Crippen molar-refractivity contribution in [1.29, 1.82) is 0 Å². The topological polar surface area (TPSA) is 124 Å². The number of hydrogen-bond donors (Lipinski definition) is 0. The first-order valence-electron chi connectivity index (χ1n) is 21.1. The standard InChI is InChI=1S/C44H76NO9P/c1-6-8-9-10-11-12-13-15-19-22-25-28-31-34-43(46)50-38-40(39-52-55(48,49)51-37-36-45(3,4)5)53-44(47)35-32-29-26-23-20-17-14-16-18-21-24-27-30-33-42-41(7-2)54-42/h12-14,17-18,21,23,26-27,30,40-42H,6-11,15-16,19-20,22,24-25,28-29,31-39H2,1-5H3/b13-12-,17-14-,21-18-,26-23-,30-27-. The predicted octanol–water partition coefficient (Wildman–Crippen LogP) is 10.0. The Morgan fingerprint density at radius 2 is 1.22 bits per heavy atom. The van der Waals surface area contributed by atoms with Gasteiger partial charge in [0.15, 0.2) is 6.10 Å². The maximum absolute atomic E-state index is 12.6. The van der Waals surface area contributed by atoms with Crippen molar-refractivity contribution in [3.05, 3.63) is 60.8 Å². The van der Waals surface area contributed by atoms with Gasteiger partial charge in [0.2, 0.25) is 0 Å². The van der Waals surface area contributed by atoms with Gasteiger partial charge < -0.3 is 32.6 Å². The molecule has 0 aromatic heterocycles. The third-order valence-corrected chi connectivity index (χ3v) is 9.96. The van der Waals surface area contributed by atoms with Crippen LogP contribution in [0, 0.1) is 0 Å². The highest BCUT2D eigenvalue weighted by atomic mass is 31.2. The van der Waals surface area contributed by atoms with Gasteiger partial charge in [-0.05, 0) is 77.0 Å². The predicted molar refractivity (Wildman–Crippen MR) is 221 cm³/mol. The molecule has 1 saturated heterocycles. The van der Waals surface area contributed by atoms with Crippen LogP contribution in [0.3, 0.4) is 0 Å². The number of carbonyl (C=O) groups is 2. The van der Waals surface area contributed by atoms with Gasteiger partial charge in [-0.1, -0.05) is 113 Å². The average molecular weight is 794 g/mol. The quantitative estimate of drug-likeness (QED) is 0.0152. The molecular formula is C44H76NO9P. The maximum Gasteiger partial charge on any atom is 0.306 e. The number of likely N-dealkylation sites (N-methyl/N-ethyl adjacent to an activating group) is 1. The van der Waals surface area contributed by atoms with Crippen LogP contribution < -0.4 is 4.89 Å². The van der Waals surface area contributed by atoms with Gasteiger partial charge >= 0.3 is 11.9 Å². The number of rotatable bonds is 36. The second kappa shape index (κ2) is 32.7. The Labute approximate surface area is 334 Å². The van der Waals surface area contributed by atoms with Crippen molar-refractivity contribution in [3.63, 3.8) is 0 Å². The minimum absolute atomic E-state index is 0.0473. The van der Waals surface area contributed by atoms with Gasteiger partial charge in [0.05, 0.1) is 40.0 Å². The number of nitrogens with zero attached hydrogens (tertiary/aromatic N) is 1. The number of carbonyl (C=O) groups excluding carboxylic acids is 2. The highest BCUT2D eigenvalue weighted by molar-refractivity contribution is 7.45. The normalized spacial score (nSPS) is 17.9. The maximum atomic E-state index is 12.6. The van der Waals surface area contributed by atoms with E-state index in [9.17, 15) is 19.0 Å². The van der Waals surface area contributed by atoms with Crippen molar-refractivity contribution in [3.8, 4) is 0 Å². The number of unbranched alkanes of at least 4 members (excludes halogenated alkanes) is 10. The monoisotopic (exact) mass is 794 g/mol. The lowest BCUT2D eigenvalue weighted by molar-refractivity contribution is -0.870. The van der Waals surface area contributed by atoms with Crippen molar-refractivity contribution in [1.82, 2.24) is 0 Å². The Balaban J connectivity index is 2.34. The Morgan fingerprint density at radius 1 is 0.673 bits per heavy atom. The molecular weight excluding hydrogens is 717 g/mol. The molecule has 1 fully saturated rings. The molecule has 0 radical (unpaired) electrons. The summed E-state index contributed by atoms with van der Waals surface area (Å²) in [5.41, 5.74) is 0. The average Bonchev–Trinajstić information content (AvgIpc) is 3.91. The van der Waals surface area contributed by atoms with E-state index in [0.29, 0.717) is 42.5 Å². The molecule has 4 unspecified atom stereocenters. The van der Waals surface area contributed by atoms with Gasteiger partial charge in [0.25, 0.3) is 7.82 Å². The van der Waals surface area contributed by atoms with Crippen LogP contribution in [0.15, 0.2) is 60.8 Å². The molecule has 0 N–H and O–H groups in total. The fraction of sp³-hybridized carbons (Fsp3) is 0.727. The molecule has 0 bridgehead atoms. The van der Waals surface area contributed by atoms with Crippen LogP contribution in [0.4, 0.5) is 0 Å². The molecule has 1 aliphatic rings. The summed E-state index contributed by atoms with van der Waals surface area (Å²) in [5, 5.41) is 0. The second-order valence-electron chi connectivity index (χ2n) is 15.4. The van der Waals surface area contributed by atoms with Crippen molar-refractivity contribution >= 4 is 19.8 Å². The van der Waals surface area contributed by atoms with E-state index in [2.05, 4.69) is 68.5 Å². The lowest BCUT2D eigenvalue weighted by Gasteiger charge is -2.28. The molecule has 4 atom stereocenters. The highest BCUT2D eigenvalue weighted by Crippen LogP contribution is 2.38. The van der Waals surface area contributed by atoms with Gasteiger partial charge in [-0.25, -0.2) is 0 Å². The Morgan fingerprint density at radius 3 is 1.84 bits per heavy atom. The van der Waals surface area contributed by atoms with Crippen molar-refractivity contribution < 1.29 is 46.8 Å². The lowest BCUT2D eigenvalue weighted by atomic mass is 10.1. The van der Waals surface area contributed by atoms with E-state index < -0.39 is 32.5 Å². The van der Waals surface area contributed by atoms with E-state index in [0.717, 1.165) is 64.2 Å². The Bertz CT molecular complexity index is 1190. The Kier molecular flexibility index (Phi) is 30.2. The van der Waals surface area contributed by atoms with E-state index in [4.69, 9.17) is 23.3 Å². The van der Waals surface area contributed by atoms with Crippen molar-refractivity contribution in [2.24, 2.45) is 0 Å². The van der Waals surface area contributed by atoms with Gasteiger partial charge in [-0.3, -0.25) is 14.2 Å². The highest BCUT2D eigenvalue weighted by Gasteiger charge is 2.35. The van der Waals surface area contributed by atoms with E-state index in [1.165, 1.54) is 32.1 Å². The molecule has 0 aromatic rings. The SMILES string of the molecule is CCCCCC/C=C\CCCCCCCC(=O)OCC(COP(=O)([O-])OCC[N+](C)(C)C)OC(=O)CCC/C=C\C/C=C\C/C=C\C/C=C\CC1OC1CC. The molecule has 0 amide bonds. The second-order valence-corrected chi connectivity index (χ2v) is 16.8. The number of hydrogen-bond acceptors (Lipinski definition) is 9. The van der Waals surface area contributed by atoms with E-state index >= 15 is 0 Å². The zero-order valence-electron chi connectivity index (χ0n) is 35.0. The third kappa shape index (κ3) is 33.5. The zero-order valence-corrected chi connectivity index (χ0v) is 35.9. The number of ether oxygens (including phenoxy) is 3. The molecule has 0 aliphatic carbocycles. The fourth-order valence-electron chi connectivity index (χ4n) is 5.51. The summed E-state index contributed by atoms with van der Waals surface area (Å²) in [7, 11) is 1.11. The van der Waals surface area contributed by atoms with E-state index in [1.807, 2.05) is 27.2 Å². The summed E-state index contributed by atoms with van der Waals surface area (Å²) in [6.45, 7) is 4.01. The van der Waals surface area contributed by atoms with Crippen LogP contribution in [0.2, 0.25) is 0 Å². The van der Waals surface area contributed by atoms with Gasteiger partial charge in [0.1, 0.15) is 19.8 Å². The van der Waals surface area contributed by atoms with Crippen LogP contribution in [0.1, 0.15) is 142 Å². The van der Waals surface area contributed by atoms with Crippen LogP contribution in [0.25, 0.3) is 0 Å². The summed E-state index contributed by atoms with van der Waals surface area (Å²) in [6, 6.07) is 0. The summed E-state index contributed by atoms with van der Waals surface area (Å²) >= 11 is 0. The van der Waals surface area contributed by atoms with E-state index in [1.54, 1.807) is 0 Å². The van der Waals surface area contributed by atoms with E-state index in [-0.39, 0.29) is 26.1 Å². The van der Waals surface area contributed by atoms with Gasteiger partial charge in [-0.2, -0.15) is 0 Å². The minimum atomic E-state index is -4.64. The number of phosphoric ester groups is 1. The fourth-order valence-corrected chi connectivity index (χ4v) is 6.24. The molecule has 1 rings (SSSR count). The number of esters is 2. The first kappa shape index (κ1) is 50.7. The first-order valence-corrected chi connectivity index (χ1v) is 22.6. The number of phosphoric acid groups is 1. The zero-order chi connectivity index (χ0) is 40.5. The first-order chi connectivity index (χ1) is 26.5. The van der Waals surface area contributed by atoms with Crippen LogP contribution >= 0.6 is 7.82 Å². The summed E-state index contributed by atoms with van der Waals surface area (Å²) in [4.78, 5) is 37.4. The van der Waals surface area contributed by atoms with Crippen molar-refractivity contribution in [2.75, 3.05) is 47.5 Å². The van der Waals surface area contributed by atoms with Crippen molar-refractivity contribution in [2.45, 2.75) is 161 Å². The summed E-state index contributed by atoms with van der Waals surface area (Å²) in [6.07, 6.45) is 40.2. The molecule has 316 valence electrons. The Hall–Kier alpha value is -2.33. The minimum Gasteiger partial charge on any atom is -0.756 e. The van der Waals surface area contributed by atoms with Crippen LogP contribution in [-0.2, 0) is 37.4 Å².